The molecule has 0 heterocycles. The molecule has 0 saturated carbocycles. The summed E-state index contributed by atoms with van der Waals surface area (Å²) >= 11 is 0. The second kappa shape index (κ2) is 21.0. The molecule has 15 heteroatoms. The van der Waals surface area contributed by atoms with Crippen LogP contribution in [0.4, 0.5) is 10.5 Å². The Hall–Kier alpha value is -6.25. The fraction of sp³-hybridized carbons (Fsp3) is 0.432. The lowest BCUT2D eigenvalue weighted by Gasteiger charge is -2.34. The third kappa shape index (κ3) is 14.9. The predicted molar refractivity (Wildman–Crippen MR) is 225 cm³/mol. The highest BCUT2D eigenvalue weighted by molar-refractivity contribution is 6.03. The van der Waals surface area contributed by atoms with Gasteiger partial charge in [-0.1, -0.05) is 92.7 Å². The molecular formula is C44H59N7O8. The smallest absolute Gasteiger partial charge is 0.408 e. The van der Waals surface area contributed by atoms with Gasteiger partial charge in [0.1, 0.15) is 35.3 Å². The van der Waals surface area contributed by atoms with Gasteiger partial charge in [0, 0.05) is 19.2 Å². The molecule has 6 N–H and O–H groups in total. The van der Waals surface area contributed by atoms with E-state index >= 15 is 0 Å². The van der Waals surface area contributed by atoms with Crippen LogP contribution >= 0.6 is 0 Å². The summed E-state index contributed by atoms with van der Waals surface area (Å²) in [4.78, 5) is 94.8. The third-order valence-electron chi connectivity index (χ3n) is 9.29. The number of alkyl carbamates (subject to hydrolysis) is 1. The van der Waals surface area contributed by atoms with Gasteiger partial charge in [-0.05, 0) is 77.1 Å². The number of nitrogens with one attached hydrogen (secondary N) is 6. The number of benzene rings is 3. The minimum atomic E-state index is -1.56. The van der Waals surface area contributed by atoms with Gasteiger partial charge in [-0.3, -0.25) is 28.8 Å². The van der Waals surface area contributed by atoms with Crippen molar-refractivity contribution in [2.45, 2.75) is 104 Å². The highest BCUT2D eigenvalue weighted by atomic mass is 16.5. The molecule has 3 rings (SSSR count). The van der Waals surface area contributed by atoms with Crippen LogP contribution in [0.2, 0.25) is 0 Å². The molecule has 0 aromatic heterocycles. The summed E-state index contributed by atoms with van der Waals surface area (Å²) in [5, 5.41) is 15.9. The van der Waals surface area contributed by atoms with Gasteiger partial charge in [-0.2, -0.15) is 0 Å². The van der Waals surface area contributed by atoms with Gasteiger partial charge in [0.25, 0.3) is 5.91 Å². The Morgan fingerprint density at radius 1 is 0.610 bits per heavy atom. The monoisotopic (exact) mass is 813 g/mol. The first-order valence-electron chi connectivity index (χ1n) is 19.5. The van der Waals surface area contributed by atoms with Gasteiger partial charge in [-0.15, -0.1) is 0 Å². The number of nitrogens with zero attached hydrogens (tertiary/aromatic N) is 1. The molecule has 318 valence electrons. The van der Waals surface area contributed by atoms with Crippen molar-refractivity contribution in [2.75, 3.05) is 18.5 Å². The second-order valence-electron chi connectivity index (χ2n) is 16.4. The molecule has 3 aromatic rings. The second-order valence-corrected chi connectivity index (χ2v) is 16.4. The summed E-state index contributed by atoms with van der Waals surface area (Å²) in [6, 6.07) is 24.7. The zero-order valence-corrected chi connectivity index (χ0v) is 35.4. The Labute approximate surface area is 346 Å². The van der Waals surface area contributed by atoms with E-state index in [-0.39, 0.29) is 31.3 Å². The molecule has 0 aliphatic carbocycles. The van der Waals surface area contributed by atoms with Crippen LogP contribution in [0, 0.1) is 5.92 Å². The lowest BCUT2D eigenvalue weighted by Crippen LogP contribution is -2.64. The Bertz CT molecular complexity index is 1920. The van der Waals surface area contributed by atoms with Crippen LogP contribution in [-0.4, -0.2) is 83.8 Å². The van der Waals surface area contributed by atoms with E-state index in [9.17, 15) is 33.6 Å². The fourth-order valence-corrected chi connectivity index (χ4v) is 5.88. The van der Waals surface area contributed by atoms with Gasteiger partial charge in [0.15, 0.2) is 0 Å². The molecule has 3 aromatic carbocycles. The van der Waals surface area contributed by atoms with Crippen LogP contribution in [0.5, 0.6) is 0 Å². The molecule has 7 amide bonds. The number of likely N-dealkylation sites (N-methyl/N-ethyl adjacent to an activating group) is 1. The summed E-state index contributed by atoms with van der Waals surface area (Å²) < 4.78 is 5.31. The number of carbonyl (C=O) groups is 7. The van der Waals surface area contributed by atoms with Crippen LogP contribution in [-0.2, 0) is 46.5 Å². The molecule has 0 radical (unpaired) electrons. The highest BCUT2D eigenvalue weighted by Gasteiger charge is 2.39. The number of carbonyl (C=O) groups excluding carboxylic acids is 7. The SMILES string of the molecule is CC(C)C[C@H](NC(=O)OCc1ccccc1)C(=O)NC(C)(C)C(=O)N[C@@H](Cc1ccccc1)C(=O)NCC(=O)NC(C)(C)C(=O)NC(C)(C)C(=O)N(C)c1ccccc1. The quantitative estimate of drug-likeness (QED) is 0.106. The molecule has 0 spiro atoms. The Kier molecular flexibility index (Phi) is 16.7. The van der Waals surface area contributed by atoms with Gasteiger partial charge < -0.3 is 41.5 Å². The van der Waals surface area contributed by atoms with Crippen molar-refractivity contribution in [3.63, 3.8) is 0 Å². The van der Waals surface area contributed by atoms with E-state index in [4.69, 9.17) is 4.74 Å². The molecule has 15 nitrogen and oxygen atoms in total. The summed E-state index contributed by atoms with van der Waals surface area (Å²) in [6.07, 6.45) is -0.496. The Morgan fingerprint density at radius 3 is 1.69 bits per heavy atom. The van der Waals surface area contributed by atoms with E-state index in [1.807, 2.05) is 38.1 Å². The number of amides is 7. The van der Waals surface area contributed by atoms with Crippen LogP contribution in [0.3, 0.4) is 0 Å². The normalized spacial score (nSPS) is 12.6. The maximum absolute atomic E-state index is 13.7. The fourth-order valence-electron chi connectivity index (χ4n) is 5.88. The lowest BCUT2D eigenvalue weighted by molar-refractivity contribution is -0.137. The first kappa shape index (κ1) is 47.1. The molecule has 0 unspecified atom stereocenters. The molecule has 0 aliphatic heterocycles. The summed E-state index contributed by atoms with van der Waals surface area (Å²) in [6.45, 7) is 12.2. The van der Waals surface area contributed by atoms with Crippen LogP contribution in [0.15, 0.2) is 91.0 Å². The Morgan fingerprint density at radius 2 is 1.14 bits per heavy atom. The maximum Gasteiger partial charge on any atom is 0.408 e. The van der Waals surface area contributed by atoms with E-state index in [1.165, 1.54) is 32.6 Å². The number of hydrogen-bond donors (Lipinski definition) is 6. The maximum atomic E-state index is 13.7. The number of ether oxygens (including phenoxy) is 1. The zero-order chi connectivity index (χ0) is 44.0. The van der Waals surface area contributed by atoms with Crippen LogP contribution in [0.25, 0.3) is 0 Å². The van der Waals surface area contributed by atoms with Gasteiger partial charge in [0.05, 0.1) is 6.54 Å². The van der Waals surface area contributed by atoms with Crippen LogP contribution < -0.4 is 36.8 Å². The summed E-state index contributed by atoms with van der Waals surface area (Å²) in [7, 11) is 1.60. The average molecular weight is 814 g/mol. The number of anilines is 1. The number of hydrogen-bond acceptors (Lipinski definition) is 8. The minimum absolute atomic E-state index is 0.00351. The molecule has 0 saturated heterocycles. The largest absolute Gasteiger partial charge is 0.445 e. The van der Waals surface area contributed by atoms with E-state index < -0.39 is 70.9 Å². The summed E-state index contributed by atoms with van der Waals surface area (Å²) in [5.74, 6) is -3.74. The first-order chi connectivity index (χ1) is 27.6. The van der Waals surface area contributed by atoms with E-state index in [1.54, 1.807) is 87.6 Å². The number of rotatable bonds is 19. The number of para-hydroxylation sites is 1. The van der Waals surface area contributed by atoms with E-state index in [0.29, 0.717) is 11.3 Å². The topological polar surface area (TPSA) is 204 Å². The van der Waals surface area contributed by atoms with Crippen molar-refractivity contribution in [3.05, 3.63) is 102 Å². The Balaban J connectivity index is 1.64. The predicted octanol–water partition coefficient (Wildman–Crippen LogP) is 3.52. The zero-order valence-electron chi connectivity index (χ0n) is 35.4. The van der Waals surface area contributed by atoms with Gasteiger partial charge in [0.2, 0.25) is 29.5 Å². The minimum Gasteiger partial charge on any atom is -0.445 e. The summed E-state index contributed by atoms with van der Waals surface area (Å²) in [5.41, 5.74) is -2.27. The van der Waals surface area contributed by atoms with Crippen molar-refractivity contribution in [1.82, 2.24) is 31.9 Å². The third-order valence-corrected chi connectivity index (χ3v) is 9.29. The first-order valence-corrected chi connectivity index (χ1v) is 19.5. The van der Waals surface area contributed by atoms with Crippen molar-refractivity contribution < 1.29 is 38.3 Å². The highest BCUT2D eigenvalue weighted by Crippen LogP contribution is 2.18. The molecular weight excluding hydrogens is 755 g/mol. The van der Waals surface area contributed by atoms with Crippen molar-refractivity contribution in [2.24, 2.45) is 5.92 Å². The van der Waals surface area contributed by atoms with Crippen molar-refractivity contribution in [1.29, 1.82) is 0 Å². The van der Waals surface area contributed by atoms with Crippen LogP contribution in [0.1, 0.15) is 72.9 Å². The molecule has 2 atom stereocenters. The van der Waals surface area contributed by atoms with Gasteiger partial charge >= 0.3 is 6.09 Å². The van der Waals surface area contributed by atoms with Gasteiger partial charge in [-0.25, -0.2) is 4.79 Å². The standard InChI is InChI=1S/C44H59N7O8/c1-29(2)25-33(47-41(58)59-28-31-21-15-11-16-22-31)37(54)49-42(3,4)38(55)46-34(26-30-19-13-10-14-20-30)36(53)45-27-35(52)48-43(5,6)39(56)50-44(7,8)40(57)51(9)32-23-17-12-18-24-32/h10-24,29,33-34H,25-28H2,1-9H3,(H,45,53)(H,46,55)(H,47,58)(H,48,52)(H,49,54)(H,50,56)/t33-,34-/m0/s1. The van der Waals surface area contributed by atoms with Crippen molar-refractivity contribution in [3.8, 4) is 0 Å². The molecule has 59 heavy (non-hydrogen) atoms. The van der Waals surface area contributed by atoms with Crippen molar-refractivity contribution >= 4 is 47.2 Å². The molecule has 0 aliphatic rings. The molecule has 0 fully saturated rings. The van der Waals surface area contributed by atoms with E-state index in [0.717, 1.165) is 5.56 Å². The lowest BCUT2D eigenvalue weighted by atomic mass is 9.98. The van der Waals surface area contributed by atoms with E-state index in [2.05, 4.69) is 31.9 Å². The molecule has 0 bridgehead atoms. The average Bonchev–Trinajstić information content (AvgIpc) is 3.18.